The molecule has 2 aromatic carbocycles. The van der Waals surface area contributed by atoms with E-state index in [9.17, 15) is 9.59 Å². The van der Waals surface area contributed by atoms with Crippen LogP contribution in [-0.4, -0.2) is 25.3 Å². The number of anilines is 1. The third-order valence-electron chi connectivity index (χ3n) is 3.18. The average Bonchev–Trinajstić information content (AvgIpc) is 2.55. The Kier molecular flexibility index (Phi) is 5.27. The van der Waals surface area contributed by atoms with E-state index in [1.54, 1.807) is 31.4 Å². The van der Waals surface area contributed by atoms with Crippen LogP contribution in [0.3, 0.4) is 0 Å². The molecule has 0 saturated heterocycles. The first-order valence-corrected chi connectivity index (χ1v) is 6.88. The maximum absolute atomic E-state index is 12.0. The second kappa shape index (κ2) is 7.38. The number of ether oxygens (including phenoxy) is 1. The molecule has 0 unspecified atom stereocenters. The second-order valence-corrected chi connectivity index (χ2v) is 4.78. The summed E-state index contributed by atoms with van der Waals surface area (Å²) in [5, 5.41) is 2.78. The van der Waals surface area contributed by atoms with Crippen molar-refractivity contribution in [2.45, 2.75) is 6.42 Å². The lowest BCUT2D eigenvalue weighted by Crippen LogP contribution is -2.16. The molecule has 0 aliphatic carbocycles. The standard InChI is InChI=1S/C17H18N2O3/c1-22-15-7-5-12(6-8-15)9-17(21)19-14-4-2-3-13(10-14)16(20)11-18/h2-8,10H,9,11,18H2,1H3,(H,19,21). The zero-order chi connectivity index (χ0) is 15.9. The predicted molar refractivity (Wildman–Crippen MR) is 85.2 cm³/mol. The van der Waals surface area contributed by atoms with Crippen molar-refractivity contribution in [2.75, 3.05) is 19.0 Å². The molecule has 0 aliphatic heterocycles. The van der Waals surface area contributed by atoms with Crippen LogP contribution >= 0.6 is 0 Å². The molecule has 0 heterocycles. The van der Waals surface area contributed by atoms with Gasteiger partial charge in [0.15, 0.2) is 5.78 Å². The van der Waals surface area contributed by atoms with Crippen LogP contribution in [0, 0.1) is 0 Å². The smallest absolute Gasteiger partial charge is 0.228 e. The van der Waals surface area contributed by atoms with Crippen LogP contribution in [0.25, 0.3) is 0 Å². The number of benzene rings is 2. The van der Waals surface area contributed by atoms with E-state index < -0.39 is 0 Å². The van der Waals surface area contributed by atoms with E-state index in [0.29, 0.717) is 11.3 Å². The van der Waals surface area contributed by atoms with Gasteiger partial charge in [-0.15, -0.1) is 0 Å². The molecule has 5 nitrogen and oxygen atoms in total. The number of rotatable bonds is 6. The van der Waals surface area contributed by atoms with Gasteiger partial charge in [-0.2, -0.15) is 0 Å². The number of ketones is 1. The molecule has 114 valence electrons. The maximum atomic E-state index is 12.0. The Morgan fingerprint density at radius 3 is 2.50 bits per heavy atom. The van der Waals surface area contributed by atoms with E-state index in [-0.39, 0.29) is 24.7 Å². The minimum atomic E-state index is -0.161. The Morgan fingerprint density at radius 1 is 1.14 bits per heavy atom. The van der Waals surface area contributed by atoms with Crippen LogP contribution in [0.15, 0.2) is 48.5 Å². The van der Waals surface area contributed by atoms with E-state index >= 15 is 0 Å². The predicted octanol–water partition coefficient (Wildman–Crippen LogP) is 2.02. The summed E-state index contributed by atoms with van der Waals surface area (Å²) in [6.07, 6.45) is 0.249. The average molecular weight is 298 g/mol. The van der Waals surface area contributed by atoms with Crippen molar-refractivity contribution in [3.8, 4) is 5.75 Å². The van der Waals surface area contributed by atoms with Gasteiger partial charge in [0.1, 0.15) is 5.75 Å². The van der Waals surface area contributed by atoms with Crippen molar-refractivity contribution in [2.24, 2.45) is 5.73 Å². The van der Waals surface area contributed by atoms with Crippen molar-refractivity contribution in [1.82, 2.24) is 0 Å². The van der Waals surface area contributed by atoms with Crippen molar-refractivity contribution < 1.29 is 14.3 Å². The second-order valence-electron chi connectivity index (χ2n) is 4.78. The number of methoxy groups -OCH3 is 1. The molecule has 2 rings (SSSR count). The molecule has 1 amide bonds. The highest BCUT2D eigenvalue weighted by Gasteiger charge is 2.07. The fraction of sp³-hybridized carbons (Fsp3) is 0.176. The Labute approximate surface area is 129 Å². The summed E-state index contributed by atoms with van der Waals surface area (Å²) < 4.78 is 5.07. The lowest BCUT2D eigenvalue weighted by Gasteiger charge is -2.07. The molecule has 0 fully saturated rings. The monoisotopic (exact) mass is 298 g/mol. The third kappa shape index (κ3) is 4.17. The Hall–Kier alpha value is -2.66. The fourth-order valence-electron chi connectivity index (χ4n) is 2.02. The van der Waals surface area contributed by atoms with Crippen LogP contribution < -0.4 is 15.8 Å². The molecule has 0 aromatic heterocycles. The van der Waals surface area contributed by atoms with Gasteiger partial charge in [0, 0.05) is 11.3 Å². The number of amides is 1. The Bertz CT molecular complexity index is 666. The number of hydrogen-bond donors (Lipinski definition) is 2. The van der Waals surface area contributed by atoms with Gasteiger partial charge < -0.3 is 15.8 Å². The number of nitrogens with two attached hydrogens (primary N) is 1. The zero-order valence-corrected chi connectivity index (χ0v) is 12.3. The highest BCUT2D eigenvalue weighted by atomic mass is 16.5. The molecule has 5 heteroatoms. The molecular formula is C17H18N2O3. The molecular weight excluding hydrogens is 280 g/mol. The summed E-state index contributed by atoms with van der Waals surface area (Å²) in [5.74, 6) is 0.436. The van der Waals surface area contributed by atoms with Gasteiger partial charge in [0.25, 0.3) is 0 Å². The van der Waals surface area contributed by atoms with Crippen LogP contribution in [0.2, 0.25) is 0 Å². The summed E-state index contributed by atoms with van der Waals surface area (Å²) in [6, 6.07) is 14.0. The Balaban J connectivity index is 2.00. The van der Waals surface area contributed by atoms with Gasteiger partial charge in [-0.3, -0.25) is 9.59 Å². The van der Waals surface area contributed by atoms with Gasteiger partial charge in [-0.1, -0.05) is 24.3 Å². The lowest BCUT2D eigenvalue weighted by atomic mass is 10.1. The van der Waals surface area contributed by atoms with Crippen LogP contribution in [0.5, 0.6) is 5.75 Å². The molecule has 2 aromatic rings. The van der Waals surface area contributed by atoms with Crippen molar-refractivity contribution in [3.05, 3.63) is 59.7 Å². The van der Waals surface area contributed by atoms with Crippen molar-refractivity contribution >= 4 is 17.4 Å². The minimum Gasteiger partial charge on any atom is -0.497 e. The van der Waals surface area contributed by atoms with Crippen LogP contribution in [0.4, 0.5) is 5.69 Å². The quantitative estimate of drug-likeness (QED) is 0.799. The summed E-state index contributed by atoms with van der Waals surface area (Å²) in [6.45, 7) is -0.0523. The van der Waals surface area contributed by atoms with Gasteiger partial charge in [0.05, 0.1) is 20.1 Å². The van der Waals surface area contributed by atoms with E-state index in [1.165, 1.54) is 0 Å². The third-order valence-corrected chi connectivity index (χ3v) is 3.18. The lowest BCUT2D eigenvalue weighted by molar-refractivity contribution is -0.115. The van der Waals surface area contributed by atoms with Crippen molar-refractivity contribution in [1.29, 1.82) is 0 Å². The maximum Gasteiger partial charge on any atom is 0.228 e. The molecule has 0 saturated carbocycles. The highest BCUT2D eigenvalue weighted by Crippen LogP contribution is 2.14. The highest BCUT2D eigenvalue weighted by molar-refractivity contribution is 5.99. The molecule has 0 atom stereocenters. The fourth-order valence-corrected chi connectivity index (χ4v) is 2.02. The first-order chi connectivity index (χ1) is 10.6. The molecule has 0 spiro atoms. The molecule has 0 radical (unpaired) electrons. The zero-order valence-electron chi connectivity index (χ0n) is 12.3. The van der Waals surface area contributed by atoms with Gasteiger partial charge >= 0.3 is 0 Å². The van der Waals surface area contributed by atoms with Crippen LogP contribution in [-0.2, 0) is 11.2 Å². The van der Waals surface area contributed by atoms with Gasteiger partial charge in [0.2, 0.25) is 5.91 Å². The van der Waals surface area contributed by atoms with E-state index in [0.717, 1.165) is 11.3 Å². The van der Waals surface area contributed by atoms with Gasteiger partial charge in [-0.25, -0.2) is 0 Å². The number of Topliss-reactive ketones (excluding diaryl/α,β-unsaturated/α-hetero) is 1. The normalized spacial score (nSPS) is 10.1. The number of carbonyl (C=O) groups is 2. The number of nitrogens with one attached hydrogen (secondary N) is 1. The first-order valence-electron chi connectivity index (χ1n) is 6.88. The molecule has 0 aliphatic rings. The summed E-state index contributed by atoms with van der Waals surface area (Å²) in [7, 11) is 1.59. The first kappa shape index (κ1) is 15.7. The van der Waals surface area contributed by atoms with E-state index in [2.05, 4.69) is 5.32 Å². The SMILES string of the molecule is COc1ccc(CC(=O)Nc2cccc(C(=O)CN)c2)cc1. The summed E-state index contributed by atoms with van der Waals surface area (Å²) in [4.78, 5) is 23.6. The summed E-state index contributed by atoms with van der Waals surface area (Å²) in [5.41, 5.74) is 7.29. The number of hydrogen-bond acceptors (Lipinski definition) is 4. The Morgan fingerprint density at radius 2 is 1.86 bits per heavy atom. The topological polar surface area (TPSA) is 81.4 Å². The van der Waals surface area contributed by atoms with Gasteiger partial charge in [-0.05, 0) is 29.8 Å². The molecule has 0 bridgehead atoms. The van der Waals surface area contributed by atoms with E-state index in [1.807, 2.05) is 24.3 Å². The molecule has 22 heavy (non-hydrogen) atoms. The molecule has 3 N–H and O–H groups in total. The summed E-state index contributed by atoms with van der Waals surface area (Å²) >= 11 is 0. The largest absolute Gasteiger partial charge is 0.497 e. The van der Waals surface area contributed by atoms with Crippen LogP contribution in [0.1, 0.15) is 15.9 Å². The minimum absolute atomic E-state index is 0.0523. The number of carbonyl (C=O) groups excluding carboxylic acids is 2. The van der Waals surface area contributed by atoms with E-state index in [4.69, 9.17) is 10.5 Å². The van der Waals surface area contributed by atoms with Crippen molar-refractivity contribution in [3.63, 3.8) is 0 Å².